The van der Waals surface area contributed by atoms with Gasteiger partial charge in [-0.05, 0) is 49.2 Å². The standard InChI is InChI=1S/C22H20ClNO6/c1-12-9-20(26)30-21-13(2)18(8-7-16(12)21)29-11-19(25)24-17(22(27)28)10-14-3-5-15(23)6-4-14/h3-9,17H,10-11H2,1-2H3,(H,24,25)(H,27,28)/t17-/m0/s1. The molecule has 1 aromatic heterocycles. The van der Waals surface area contributed by atoms with Crippen LogP contribution in [0.1, 0.15) is 16.7 Å². The maximum absolute atomic E-state index is 12.3. The lowest BCUT2D eigenvalue weighted by Crippen LogP contribution is -2.44. The number of aryl methyl sites for hydroxylation is 2. The summed E-state index contributed by atoms with van der Waals surface area (Å²) in [5.41, 5.74) is 2.01. The lowest BCUT2D eigenvalue weighted by Gasteiger charge is -2.16. The fraction of sp³-hybridized carbons (Fsp3) is 0.227. The Morgan fingerprint density at radius 2 is 1.87 bits per heavy atom. The summed E-state index contributed by atoms with van der Waals surface area (Å²) in [5, 5.41) is 13.2. The Hall–Kier alpha value is -3.32. The molecule has 156 valence electrons. The lowest BCUT2D eigenvalue weighted by molar-refractivity contribution is -0.142. The molecule has 1 amide bonds. The molecule has 0 fully saturated rings. The highest BCUT2D eigenvalue weighted by Gasteiger charge is 2.21. The molecule has 1 atom stereocenters. The molecule has 30 heavy (non-hydrogen) atoms. The molecule has 0 aliphatic heterocycles. The average Bonchev–Trinajstić information content (AvgIpc) is 2.69. The van der Waals surface area contributed by atoms with Gasteiger partial charge in [0, 0.05) is 28.5 Å². The largest absolute Gasteiger partial charge is 0.483 e. The van der Waals surface area contributed by atoms with Gasteiger partial charge >= 0.3 is 11.6 Å². The number of carbonyl (C=O) groups is 2. The molecule has 0 aliphatic carbocycles. The zero-order chi connectivity index (χ0) is 21.8. The van der Waals surface area contributed by atoms with Crippen LogP contribution >= 0.6 is 11.6 Å². The van der Waals surface area contributed by atoms with E-state index in [1.807, 2.05) is 0 Å². The number of halogens is 1. The summed E-state index contributed by atoms with van der Waals surface area (Å²) < 4.78 is 10.8. The maximum Gasteiger partial charge on any atom is 0.336 e. The molecule has 0 bridgehead atoms. The number of carbonyl (C=O) groups excluding carboxylic acids is 1. The summed E-state index contributed by atoms with van der Waals surface area (Å²) in [6.45, 7) is 3.14. The fourth-order valence-corrected chi connectivity index (χ4v) is 3.22. The first-order chi connectivity index (χ1) is 14.2. The van der Waals surface area contributed by atoms with E-state index in [4.69, 9.17) is 20.8 Å². The van der Waals surface area contributed by atoms with Crippen LogP contribution in [-0.2, 0) is 16.0 Å². The number of benzene rings is 2. The van der Waals surface area contributed by atoms with Crippen molar-refractivity contribution >= 4 is 34.4 Å². The van der Waals surface area contributed by atoms with Gasteiger partial charge in [0.2, 0.25) is 0 Å². The molecule has 0 spiro atoms. The molecule has 2 aromatic carbocycles. The van der Waals surface area contributed by atoms with Gasteiger partial charge in [-0.25, -0.2) is 9.59 Å². The molecule has 0 saturated carbocycles. The second-order valence-electron chi connectivity index (χ2n) is 6.89. The van der Waals surface area contributed by atoms with Crippen molar-refractivity contribution in [3.05, 3.63) is 74.6 Å². The molecule has 8 heteroatoms. The number of nitrogens with one attached hydrogen (secondary N) is 1. The minimum atomic E-state index is -1.16. The number of ether oxygens (including phenoxy) is 1. The van der Waals surface area contributed by atoms with Crippen LogP contribution in [0, 0.1) is 13.8 Å². The van der Waals surface area contributed by atoms with Crippen LogP contribution in [0.15, 0.2) is 51.7 Å². The van der Waals surface area contributed by atoms with Crippen molar-refractivity contribution in [1.82, 2.24) is 5.32 Å². The Kier molecular flexibility index (Phi) is 6.42. The third-order valence-corrected chi connectivity index (χ3v) is 4.92. The molecule has 1 heterocycles. The van der Waals surface area contributed by atoms with Crippen molar-refractivity contribution < 1.29 is 23.8 Å². The van der Waals surface area contributed by atoms with Crippen LogP contribution in [-0.4, -0.2) is 29.6 Å². The zero-order valence-electron chi connectivity index (χ0n) is 16.4. The van der Waals surface area contributed by atoms with Gasteiger partial charge in [0.05, 0.1) is 0 Å². The Morgan fingerprint density at radius 3 is 2.53 bits per heavy atom. The summed E-state index contributed by atoms with van der Waals surface area (Å²) >= 11 is 5.83. The molecule has 0 radical (unpaired) electrons. The van der Waals surface area contributed by atoms with Gasteiger partial charge in [0.15, 0.2) is 6.61 Å². The summed E-state index contributed by atoms with van der Waals surface area (Å²) in [5.74, 6) is -1.37. The molecule has 3 aromatic rings. The minimum absolute atomic E-state index is 0.109. The monoisotopic (exact) mass is 429 g/mol. The van der Waals surface area contributed by atoms with Gasteiger partial charge in [0.1, 0.15) is 17.4 Å². The van der Waals surface area contributed by atoms with Crippen LogP contribution in [0.2, 0.25) is 5.02 Å². The van der Waals surface area contributed by atoms with Gasteiger partial charge in [-0.1, -0.05) is 23.7 Å². The molecule has 7 nitrogen and oxygen atoms in total. The summed E-state index contributed by atoms with van der Waals surface area (Å²) in [6, 6.07) is 10.4. The van der Waals surface area contributed by atoms with Crippen LogP contribution < -0.4 is 15.7 Å². The Balaban J connectivity index is 1.68. The van der Waals surface area contributed by atoms with E-state index in [0.29, 0.717) is 21.9 Å². The second kappa shape index (κ2) is 9.00. The number of rotatable bonds is 7. The van der Waals surface area contributed by atoms with E-state index in [2.05, 4.69) is 5.32 Å². The highest BCUT2D eigenvalue weighted by atomic mass is 35.5. The maximum atomic E-state index is 12.3. The van der Waals surface area contributed by atoms with Gasteiger partial charge < -0.3 is 19.6 Å². The van der Waals surface area contributed by atoms with E-state index < -0.39 is 23.5 Å². The topological polar surface area (TPSA) is 106 Å². The normalized spacial score (nSPS) is 11.8. The van der Waals surface area contributed by atoms with Crippen molar-refractivity contribution in [3.8, 4) is 5.75 Å². The molecular weight excluding hydrogens is 410 g/mol. The second-order valence-corrected chi connectivity index (χ2v) is 7.33. The number of aliphatic carboxylic acids is 1. The van der Waals surface area contributed by atoms with Crippen molar-refractivity contribution in [2.45, 2.75) is 26.3 Å². The van der Waals surface area contributed by atoms with E-state index >= 15 is 0 Å². The number of amides is 1. The minimum Gasteiger partial charge on any atom is -0.483 e. The summed E-state index contributed by atoms with van der Waals surface area (Å²) in [7, 11) is 0. The number of fused-ring (bicyclic) bond motifs is 1. The first kappa shape index (κ1) is 21.4. The zero-order valence-corrected chi connectivity index (χ0v) is 17.2. The SMILES string of the molecule is Cc1cc(=O)oc2c(C)c(OCC(=O)N[C@@H](Cc3ccc(Cl)cc3)C(=O)O)ccc12. The van der Waals surface area contributed by atoms with Crippen molar-refractivity contribution in [2.75, 3.05) is 6.61 Å². The third-order valence-electron chi connectivity index (χ3n) is 4.66. The lowest BCUT2D eigenvalue weighted by atomic mass is 10.1. The van der Waals surface area contributed by atoms with Crippen LogP contribution in [0.3, 0.4) is 0 Å². The van der Waals surface area contributed by atoms with Gasteiger partial charge in [0.25, 0.3) is 5.91 Å². The summed E-state index contributed by atoms with van der Waals surface area (Å²) in [6.07, 6.45) is 0.109. The van der Waals surface area contributed by atoms with Crippen molar-refractivity contribution in [3.63, 3.8) is 0 Å². The Morgan fingerprint density at radius 1 is 1.17 bits per heavy atom. The molecule has 2 N–H and O–H groups in total. The average molecular weight is 430 g/mol. The van der Waals surface area contributed by atoms with Crippen molar-refractivity contribution in [1.29, 1.82) is 0 Å². The Labute approximate surface area is 177 Å². The van der Waals surface area contributed by atoms with E-state index in [1.165, 1.54) is 6.07 Å². The third kappa shape index (κ3) is 4.99. The molecule has 0 unspecified atom stereocenters. The fourth-order valence-electron chi connectivity index (χ4n) is 3.09. The van der Waals surface area contributed by atoms with Crippen LogP contribution in [0.4, 0.5) is 0 Å². The van der Waals surface area contributed by atoms with E-state index in [9.17, 15) is 19.5 Å². The smallest absolute Gasteiger partial charge is 0.336 e. The van der Waals surface area contributed by atoms with Gasteiger partial charge in [-0.2, -0.15) is 0 Å². The van der Waals surface area contributed by atoms with E-state index in [1.54, 1.807) is 50.2 Å². The first-order valence-corrected chi connectivity index (χ1v) is 9.56. The summed E-state index contributed by atoms with van der Waals surface area (Å²) in [4.78, 5) is 35.4. The number of hydrogen-bond donors (Lipinski definition) is 2. The Bertz CT molecular complexity index is 1150. The molecule has 0 aliphatic rings. The quantitative estimate of drug-likeness (QED) is 0.558. The van der Waals surface area contributed by atoms with Crippen molar-refractivity contribution in [2.24, 2.45) is 0 Å². The van der Waals surface area contributed by atoms with Crippen LogP contribution in [0.25, 0.3) is 11.0 Å². The number of hydrogen-bond acceptors (Lipinski definition) is 5. The van der Waals surface area contributed by atoms with Gasteiger partial charge in [-0.3, -0.25) is 4.79 Å². The number of carboxylic acids is 1. The highest BCUT2D eigenvalue weighted by Crippen LogP contribution is 2.28. The highest BCUT2D eigenvalue weighted by molar-refractivity contribution is 6.30. The predicted molar refractivity (Wildman–Crippen MR) is 112 cm³/mol. The molecule has 3 rings (SSSR count). The first-order valence-electron chi connectivity index (χ1n) is 9.18. The van der Waals surface area contributed by atoms with Crippen LogP contribution in [0.5, 0.6) is 5.75 Å². The molecular formula is C22H20ClNO6. The van der Waals surface area contributed by atoms with Gasteiger partial charge in [-0.15, -0.1) is 0 Å². The predicted octanol–water partition coefficient (Wildman–Crippen LogP) is 3.25. The molecule has 0 saturated heterocycles. The number of carboxylic acid groups (broad SMARTS) is 1. The van der Waals surface area contributed by atoms with E-state index in [0.717, 1.165) is 16.5 Å². The van der Waals surface area contributed by atoms with E-state index in [-0.39, 0.29) is 13.0 Å².